The van der Waals surface area contributed by atoms with Gasteiger partial charge in [-0.25, -0.2) is 0 Å². The second-order valence-corrected chi connectivity index (χ2v) is 4.64. The number of hydrogen-bond donors (Lipinski definition) is 1. The second-order valence-electron chi connectivity index (χ2n) is 4.64. The molecular weight excluding hydrogens is 234 g/mol. The maximum absolute atomic E-state index is 5.49. The van der Waals surface area contributed by atoms with E-state index in [4.69, 9.17) is 4.74 Å². The van der Waals surface area contributed by atoms with Gasteiger partial charge in [-0.2, -0.15) is 0 Å². The molecule has 0 saturated carbocycles. The monoisotopic (exact) mass is 255 g/mol. The molecule has 0 aliphatic heterocycles. The van der Waals surface area contributed by atoms with E-state index in [-0.39, 0.29) is 0 Å². The van der Waals surface area contributed by atoms with Gasteiger partial charge in [-0.3, -0.25) is 0 Å². The molecule has 0 bridgehead atoms. The van der Waals surface area contributed by atoms with E-state index >= 15 is 0 Å². The molecule has 0 unspecified atom stereocenters. The Kier molecular flexibility index (Phi) is 4.99. The first-order valence-electron chi connectivity index (χ1n) is 6.74. The van der Waals surface area contributed by atoms with Gasteiger partial charge in [0.25, 0.3) is 0 Å². The number of ether oxygens (including phenoxy) is 1. The second kappa shape index (κ2) is 6.95. The van der Waals surface area contributed by atoms with Crippen LogP contribution in [0.2, 0.25) is 0 Å². The molecule has 0 spiro atoms. The Hall–Kier alpha value is -1.80. The summed E-state index contributed by atoms with van der Waals surface area (Å²) in [5.74, 6) is 0. The standard InChI is InChI=1S/C17H21NO/c1-3-19-13-16-9-4-5-10-17(16)18-12-15-8-6-7-14(2)11-15/h4-11,18H,3,12-13H2,1-2H3. The van der Waals surface area contributed by atoms with Crippen molar-refractivity contribution in [3.8, 4) is 0 Å². The molecule has 0 aromatic heterocycles. The van der Waals surface area contributed by atoms with Gasteiger partial charge in [-0.05, 0) is 25.5 Å². The highest BCUT2D eigenvalue weighted by Crippen LogP contribution is 2.17. The summed E-state index contributed by atoms with van der Waals surface area (Å²) < 4.78 is 5.49. The van der Waals surface area contributed by atoms with Crippen LogP contribution < -0.4 is 5.32 Å². The molecule has 19 heavy (non-hydrogen) atoms. The van der Waals surface area contributed by atoms with Gasteiger partial charge in [0.05, 0.1) is 6.61 Å². The highest BCUT2D eigenvalue weighted by atomic mass is 16.5. The molecule has 0 aliphatic rings. The summed E-state index contributed by atoms with van der Waals surface area (Å²) >= 11 is 0. The molecular formula is C17H21NO. The molecule has 2 rings (SSSR count). The van der Waals surface area contributed by atoms with Crippen LogP contribution in [0.4, 0.5) is 5.69 Å². The van der Waals surface area contributed by atoms with E-state index in [9.17, 15) is 0 Å². The molecule has 2 aromatic carbocycles. The van der Waals surface area contributed by atoms with Crippen LogP contribution in [0.25, 0.3) is 0 Å². The summed E-state index contributed by atoms with van der Waals surface area (Å²) in [5, 5.41) is 3.49. The molecule has 0 radical (unpaired) electrons. The predicted molar refractivity (Wildman–Crippen MR) is 80.3 cm³/mol. The first kappa shape index (κ1) is 13.6. The Balaban J connectivity index is 2.02. The fourth-order valence-electron chi connectivity index (χ4n) is 2.05. The highest BCUT2D eigenvalue weighted by Gasteiger charge is 2.01. The highest BCUT2D eigenvalue weighted by molar-refractivity contribution is 5.51. The third-order valence-corrected chi connectivity index (χ3v) is 3.04. The summed E-state index contributed by atoms with van der Waals surface area (Å²) in [5.41, 5.74) is 4.95. The lowest BCUT2D eigenvalue weighted by molar-refractivity contribution is 0.134. The summed E-state index contributed by atoms with van der Waals surface area (Å²) in [6, 6.07) is 16.9. The number of anilines is 1. The maximum Gasteiger partial charge on any atom is 0.0736 e. The van der Waals surface area contributed by atoms with Crippen LogP contribution in [0.5, 0.6) is 0 Å². The average Bonchev–Trinajstić information content (AvgIpc) is 2.44. The minimum atomic E-state index is 0.660. The van der Waals surface area contributed by atoms with Gasteiger partial charge in [0.15, 0.2) is 0 Å². The molecule has 0 heterocycles. The molecule has 2 aromatic rings. The lowest BCUT2D eigenvalue weighted by atomic mass is 10.1. The van der Waals surface area contributed by atoms with Gasteiger partial charge in [0.2, 0.25) is 0 Å². The van der Waals surface area contributed by atoms with Crippen molar-refractivity contribution in [3.05, 3.63) is 65.2 Å². The van der Waals surface area contributed by atoms with Crippen molar-refractivity contribution in [3.63, 3.8) is 0 Å². The Labute approximate surface area is 115 Å². The quantitative estimate of drug-likeness (QED) is 0.837. The summed E-state index contributed by atoms with van der Waals surface area (Å²) in [7, 11) is 0. The minimum Gasteiger partial charge on any atom is -0.381 e. The van der Waals surface area contributed by atoms with Crippen LogP contribution in [-0.2, 0) is 17.9 Å². The Morgan fingerprint density at radius 2 is 1.89 bits per heavy atom. The van der Waals surface area contributed by atoms with Gasteiger partial charge in [0.1, 0.15) is 0 Å². The third-order valence-electron chi connectivity index (χ3n) is 3.04. The smallest absolute Gasteiger partial charge is 0.0736 e. The van der Waals surface area contributed by atoms with Crippen LogP contribution in [0.1, 0.15) is 23.6 Å². The van der Waals surface area contributed by atoms with E-state index in [1.807, 2.05) is 19.1 Å². The van der Waals surface area contributed by atoms with Crippen molar-refractivity contribution in [2.24, 2.45) is 0 Å². The van der Waals surface area contributed by atoms with Crippen LogP contribution in [0.15, 0.2) is 48.5 Å². The van der Waals surface area contributed by atoms with Crippen LogP contribution in [-0.4, -0.2) is 6.61 Å². The van der Waals surface area contributed by atoms with Crippen molar-refractivity contribution >= 4 is 5.69 Å². The first-order valence-corrected chi connectivity index (χ1v) is 6.74. The van der Waals surface area contributed by atoms with Crippen LogP contribution in [0, 0.1) is 6.92 Å². The molecule has 0 saturated heterocycles. The topological polar surface area (TPSA) is 21.3 Å². The molecule has 0 atom stereocenters. The fourth-order valence-corrected chi connectivity index (χ4v) is 2.05. The molecule has 100 valence electrons. The van der Waals surface area contributed by atoms with Gasteiger partial charge >= 0.3 is 0 Å². The number of hydrogen-bond acceptors (Lipinski definition) is 2. The van der Waals surface area contributed by atoms with Gasteiger partial charge in [-0.15, -0.1) is 0 Å². The molecule has 0 fully saturated rings. The zero-order chi connectivity index (χ0) is 13.5. The van der Waals surface area contributed by atoms with E-state index in [1.54, 1.807) is 0 Å². The number of rotatable bonds is 6. The van der Waals surface area contributed by atoms with Gasteiger partial charge < -0.3 is 10.1 Å². The number of benzene rings is 2. The largest absolute Gasteiger partial charge is 0.381 e. The van der Waals surface area contributed by atoms with Gasteiger partial charge in [0, 0.05) is 24.4 Å². The van der Waals surface area contributed by atoms with E-state index in [2.05, 4.69) is 48.6 Å². The van der Waals surface area contributed by atoms with Crippen molar-refractivity contribution in [1.82, 2.24) is 0 Å². The normalized spacial score (nSPS) is 10.4. The number of nitrogens with one attached hydrogen (secondary N) is 1. The van der Waals surface area contributed by atoms with E-state index in [1.165, 1.54) is 16.7 Å². The Morgan fingerprint density at radius 3 is 2.68 bits per heavy atom. The first-order chi connectivity index (χ1) is 9.29. The number of aryl methyl sites for hydroxylation is 1. The Morgan fingerprint density at radius 1 is 1.05 bits per heavy atom. The van der Waals surface area contributed by atoms with E-state index in [0.29, 0.717) is 6.61 Å². The van der Waals surface area contributed by atoms with Crippen LogP contribution >= 0.6 is 0 Å². The van der Waals surface area contributed by atoms with Crippen molar-refractivity contribution in [2.45, 2.75) is 27.0 Å². The SMILES string of the molecule is CCOCc1ccccc1NCc1cccc(C)c1. The van der Waals surface area contributed by atoms with Crippen molar-refractivity contribution < 1.29 is 4.74 Å². The van der Waals surface area contributed by atoms with Crippen molar-refractivity contribution in [1.29, 1.82) is 0 Å². The minimum absolute atomic E-state index is 0.660. The van der Waals surface area contributed by atoms with Crippen molar-refractivity contribution in [2.75, 3.05) is 11.9 Å². The maximum atomic E-state index is 5.49. The zero-order valence-electron chi connectivity index (χ0n) is 11.6. The van der Waals surface area contributed by atoms with E-state index in [0.717, 1.165) is 18.8 Å². The number of para-hydroxylation sites is 1. The summed E-state index contributed by atoms with van der Waals surface area (Å²) in [4.78, 5) is 0. The van der Waals surface area contributed by atoms with Gasteiger partial charge in [-0.1, -0.05) is 48.0 Å². The fraction of sp³-hybridized carbons (Fsp3) is 0.294. The lowest BCUT2D eigenvalue weighted by Crippen LogP contribution is -2.03. The zero-order valence-corrected chi connectivity index (χ0v) is 11.6. The summed E-state index contributed by atoms with van der Waals surface area (Å²) in [6.07, 6.45) is 0. The average molecular weight is 255 g/mol. The predicted octanol–water partition coefficient (Wildman–Crippen LogP) is 4.14. The molecule has 0 amide bonds. The third kappa shape index (κ3) is 4.11. The lowest BCUT2D eigenvalue weighted by Gasteiger charge is -2.12. The van der Waals surface area contributed by atoms with E-state index < -0.39 is 0 Å². The summed E-state index contributed by atoms with van der Waals surface area (Å²) in [6.45, 7) is 6.37. The van der Waals surface area contributed by atoms with Crippen LogP contribution in [0.3, 0.4) is 0 Å². The molecule has 0 aliphatic carbocycles. The molecule has 2 nitrogen and oxygen atoms in total. The molecule has 1 N–H and O–H groups in total. The Bertz CT molecular complexity index is 522. The molecule has 2 heteroatoms.